The van der Waals surface area contributed by atoms with Gasteiger partial charge >= 0.3 is 5.97 Å². The van der Waals surface area contributed by atoms with Crippen LogP contribution in [-0.2, 0) is 59.1 Å². The van der Waals surface area contributed by atoms with Crippen LogP contribution >= 0.6 is 0 Å². The van der Waals surface area contributed by atoms with Crippen molar-refractivity contribution in [3.63, 3.8) is 0 Å². The van der Waals surface area contributed by atoms with Gasteiger partial charge in [-0.15, -0.1) is 0 Å². The number of hydrogen-bond donors (Lipinski definition) is 5. The van der Waals surface area contributed by atoms with Crippen LogP contribution in [0, 0.1) is 17.0 Å². The highest BCUT2D eigenvalue weighted by Crippen LogP contribution is 2.41. The fourth-order valence-electron chi connectivity index (χ4n) is 7.27. The van der Waals surface area contributed by atoms with Gasteiger partial charge in [-0.3, -0.25) is 38.5 Å². The summed E-state index contributed by atoms with van der Waals surface area (Å²) in [5, 5.41) is 16.3. The van der Waals surface area contributed by atoms with Crippen molar-refractivity contribution in [2.45, 2.75) is 65.2 Å². The average Bonchev–Trinajstić information content (AvgIpc) is 3.85. The van der Waals surface area contributed by atoms with Gasteiger partial charge in [-0.05, 0) is 41.7 Å². The number of nitrogens with one attached hydrogen (secondary N) is 3. The number of nitrogens with two attached hydrogens (primary N) is 1. The number of halogens is 2. The van der Waals surface area contributed by atoms with Crippen LogP contribution in [0.3, 0.4) is 0 Å². The van der Waals surface area contributed by atoms with Crippen molar-refractivity contribution < 1.29 is 66.4 Å². The van der Waals surface area contributed by atoms with Crippen molar-refractivity contribution in [1.82, 2.24) is 30.3 Å². The summed E-state index contributed by atoms with van der Waals surface area (Å²) in [4.78, 5) is 90.4. The largest absolute Gasteiger partial charge is 0.481 e. The van der Waals surface area contributed by atoms with Gasteiger partial charge in [-0.2, -0.15) is 0 Å². The molecule has 0 bridgehead atoms. The molecule has 1 aromatic heterocycles. The standard InChI is InChI=1S/C48H63F2N7O12/c1-32(58)56(45(48(2,3)4)40-26-34(36-27-35(49)10-11-37(36)50)30-55(40)29-33-8-6-5-7-9-33)17-14-38(51)46(64)54-39(28-53-41(59)31-57-42(60)12-13-43(57)61)47(65)52-16-19-67-21-23-69-25-24-68-22-20-66-18-15-44(62)63/h5-13,26-27,30,38-39,45H,14-25,28-29,31,51H2,1-4H3,(H,52,65)(H,53,59)(H,54,64)(H,62,63). The van der Waals surface area contributed by atoms with E-state index in [4.69, 9.17) is 29.8 Å². The molecule has 0 radical (unpaired) electrons. The Morgan fingerprint density at radius 1 is 0.812 bits per heavy atom. The number of aromatic nitrogens is 1. The number of hydrogen-bond acceptors (Lipinski definition) is 12. The second-order valence-electron chi connectivity index (χ2n) is 17.1. The van der Waals surface area contributed by atoms with Crippen molar-refractivity contribution >= 4 is 41.4 Å². The number of carboxylic acids is 1. The van der Waals surface area contributed by atoms with Crippen LogP contribution in [0.25, 0.3) is 11.1 Å². The molecule has 21 heteroatoms. The number of rotatable bonds is 30. The van der Waals surface area contributed by atoms with Crippen LogP contribution < -0.4 is 21.7 Å². The highest BCUT2D eigenvalue weighted by atomic mass is 19.1. The molecule has 4 rings (SSSR count). The number of imide groups is 1. The molecule has 3 atom stereocenters. The van der Waals surface area contributed by atoms with Crippen LogP contribution in [-0.4, -0.2) is 152 Å². The second kappa shape index (κ2) is 27.6. The lowest BCUT2D eigenvalue weighted by molar-refractivity contribution is -0.141. The zero-order valence-corrected chi connectivity index (χ0v) is 39.4. The van der Waals surface area contributed by atoms with E-state index in [9.17, 15) is 38.0 Å². The van der Waals surface area contributed by atoms with Crippen LogP contribution in [0.2, 0.25) is 0 Å². The summed E-state index contributed by atoms with van der Waals surface area (Å²) in [7, 11) is 0. The summed E-state index contributed by atoms with van der Waals surface area (Å²) >= 11 is 0. The fraction of sp³-hybridized carbons (Fsp3) is 0.479. The molecule has 3 aromatic rings. The van der Waals surface area contributed by atoms with E-state index in [0.29, 0.717) is 22.7 Å². The molecule has 3 unspecified atom stereocenters. The third kappa shape index (κ3) is 18.2. The monoisotopic (exact) mass is 967 g/mol. The number of aliphatic carboxylic acids is 1. The second-order valence-corrected chi connectivity index (χ2v) is 17.1. The first kappa shape index (κ1) is 55.2. The Bertz CT molecular complexity index is 2230. The zero-order chi connectivity index (χ0) is 50.5. The third-order valence-electron chi connectivity index (χ3n) is 10.7. The summed E-state index contributed by atoms with van der Waals surface area (Å²) in [6.07, 6.45) is 3.59. The number of amides is 6. The molecule has 376 valence electrons. The maximum absolute atomic E-state index is 15.2. The van der Waals surface area contributed by atoms with Crippen LogP contribution in [0.5, 0.6) is 0 Å². The zero-order valence-electron chi connectivity index (χ0n) is 39.4. The molecule has 2 aromatic carbocycles. The molecule has 1 aliphatic heterocycles. The molecule has 0 saturated carbocycles. The predicted molar refractivity (Wildman–Crippen MR) is 247 cm³/mol. The van der Waals surface area contributed by atoms with Gasteiger partial charge in [-0.1, -0.05) is 51.1 Å². The molecule has 6 N–H and O–H groups in total. The van der Waals surface area contributed by atoms with Gasteiger partial charge in [0, 0.05) is 68.3 Å². The first-order valence-corrected chi connectivity index (χ1v) is 22.5. The molecule has 69 heavy (non-hydrogen) atoms. The Labute approximate surface area is 399 Å². The summed E-state index contributed by atoms with van der Waals surface area (Å²) in [5.41, 5.74) is 7.76. The van der Waals surface area contributed by atoms with Crippen molar-refractivity contribution in [2.75, 3.05) is 79.0 Å². The van der Waals surface area contributed by atoms with Crippen LogP contribution in [0.15, 0.2) is 72.9 Å². The van der Waals surface area contributed by atoms with Gasteiger partial charge in [0.15, 0.2) is 0 Å². The number of benzene rings is 2. The number of carbonyl (C=O) groups excluding carboxylic acids is 6. The van der Waals surface area contributed by atoms with Gasteiger partial charge in [0.25, 0.3) is 11.8 Å². The minimum absolute atomic E-state index is 0.0000258. The maximum atomic E-state index is 15.2. The van der Waals surface area contributed by atoms with E-state index >= 15 is 4.39 Å². The van der Waals surface area contributed by atoms with E-state index < -0.39 is 83.8 Å². The Balaban J connectivity index is 1.40. The number of nitrogens with zero attached hydrogens (tertiary/aromatic N) is 3. The topological polar surface area (TPSA) is 250 Å². The van der Waals surface area contributed by atoms with E-state index in [-0.39, 0.29) is 90.3 Å². The van der Waals surface area contributed by atoms with Gasteiger partial charge in [0.1, 0.15) is 24.2 Å². The lowest BCUT2D eigenvalue weighted by Gasteiger charge is -2.41. The molecule has 6 amide bonds. The summed E-state index contributed by atoms with van der Waals surface area (Å²) < 4.78 is 52.9. The van der Waals surface area contributed by atoms with Crippen molar-refractivity contribution in [1.29, 1.82) is 0 Å². The van der Waals surface area contributed by atoms with Gasteiger partial charge in [-0.25, -0.2) is 8.78 Å². The van der Waals surface area contributed by atoms with E-state index in [1.807, 2.05) is 55.7 Å². The van der Waals surface area contributed by atoms with E-state index in [2.05, 4.69) is 16.0 Å². The average molecular weight is 968 g/mol. The highest BCUT2D eigenvalue weighted by molar-refractivity contribution is 6.14. The summed E-state index contributed by atoms with van der Waals surface area (Å²) in [5.74, 6) is -6.18. The first-order chi connectivity index (χ1) is 32.8. The molecular formula is C48H63F2N7O12. The Morgan fingerprint density at radius 2 is 1.42 bits per heavy atom. The van der Waals surface area contributed by atoms with Crippen molar-refractivity contribution in [3.05, 3.63) is 95.8 Å². The predicted octanol–water partition coefficient (Wildman–Crippen LogP) is 2.32. The van der Waals surface area contributed by atoms with Gasteiger partial charge < -0.3 is 55.2 Å². The van der Waals surface area contributed by atoms with E-state index in [1.165, 1.54) is 6.92 Å². The molecule has 2 heterocycles. The minimum Gasteiger partial charge on any atom is -0.481 e. The highest BCUT2D eigenvalue weighted by Gasteiger charge is 2.37. The number of carbonyl (C=O) groups is 7. The smallest absolute Gasteiger partial charge is 0.305 e. The summed E-state index contributed by atoms with van der Waals surface area (Å²) in [6, 6.07) is 11.1. The SMILES string of the molecule is CC(=O)N(CCC(N)C(=O)NC(CNC(=O)CN1C(=O)C=CC1=O)C(=O)NCCOCCOCCOCCOCCC(=O)O)C(c1cc(-c2cc(F)ccc2F)cn1Cc1ccccc1)C(C)(C)C. The quantitative estimate of drug-likeness (QED) is 0.0476. The fourth-order valence-corrected chi connectivity index (χ4v) is 7.27. The molecule has 19 nitrogen and oxygen atoms in total. The Kier molecular flexibility index (Phi) is 22.1. The summed E-state index contributed by atoms with van der Waals surface area (Å²) in [6.45, 7) is 8.04. The molecule has 1 aliphatic rings. The maximum Gasteiger partial charge on any atom is 0.305 e. The van der Waals surface area contributed by atoms with E-state index in [1.54, 1.807) is 17.2 Å². The normalized spacial score (nSPS) is 13.8. The number of ether oxygens (including phenoxy) is 4. The number of carboxylic acid groups (broad SMARTS) is 1. The van der Waals surface area contributed by atoms with Crippen molar-refractivity contribution in [3.8, 4) is 11.1 Å². The van der Waals surface area contributed by atoms with E-state index in [0.717, 1.165) is 35.9 Å². The Morgan fingerprint density at radius 3 is 2.01 bits per heavy atom. The molecule has 0 spiro atoms. The lowest BCUT2D eigenvalue weighted by atomic mass is 9.82. The first-order valence-electron chi connectivity index (χ1n) is 22.5. The van der Waals surface area contributed by atoms with Gasteiger partial charge in [0.05, 0.1) is 71.4 Å². The lowest BCUT2D eigenvalue weighted by Crippen LogP contribution is -2.57. The van der Waals surface area contributed by atoms with Crippen molar-refractivity contribution in [2.24, 2.45) is 11.1 Å². The van der Waals surface area contributed by atoms with Gasteiger partial charge in [0.2, 0.25) is 23.6 Å². The Hall–Kier alpha value is -6.39. The third-order valence-corrected chi connectivity index (χ3v) is 10.7. The minimum atomic E-state index is -1.38. The molecule has 0 fully saturated rings. The molecular weight excluding hydrogens is 905 g/mol. The molecule has 0 saturated heterocycles. The molecule has 0 aliphatic carbocycles. The van der Waals surface area contributed by atoms with Crippen LogP contribution in [0.4, 0.5) is 8.78 Å². The van der Waals surface area contributed by atoms with Crippen LogP contribution in [0.1, 0.15) is 57.8 Å².